The minimum Gasteiger partial charge on any atom is -0.493 e. The van der Waals surface area contributed by atoms with E-state index in [0.29, 0.717) is 5.92 Å². The van der Waals surface area contributed by atoms with Crippen molar-refractivity contribution in [3.63, 3.8) is 0 Å². The second-order valence-electron chi connectivity index (χ2n) is 6.84. The maximum absolute atomic E-state index is 6.74. The summed E-state index contributed by atoms with van der Waals surface area (Å²) in [5.74, 6) is 2.38. The summed E-state index contributed by atoms with van der Waals surface area (Å²) >= 11 is 6.25. The molecule has 0 amide bonds. The van der Waals surface area contributed by atoms with Gasteiger partial charge in [-0.05, 0) is 60.8 Å². The Labute approximate surface area is 126 Å². The van der Waals surface area contributed by atoms with Gasteiger partial charge in [-0.1, -0.05) is 25.4 Å². The highest BCUT2D eigenvalue weighted by Crippen LogP contribution is 2.41. The molecule has 1 heterocycles. The zero-order valence-electron chi connectivity index (χ0n) is 12.4. The van der Waals surface area contributed by atoms with Gasteiger partial charge < -0.3 is 10.5 Å². The highest BCUT2D eigenvalue weighted by Gasteiger charge is 2.37. The van der Waals surface area contributed by atoms with E-state index in [1.165, 1.54) is 24.0 Å². The van der Waals surface area contributed by atoms with Gasteiger partial charge in [0.25, 0.3) is 0 Å². The van der Waals surface area contributed by atoms with Crippen LogP contribution >= 0.6 is 11.6 Å². The van der Waals surface area contributed by atoms with Crippen LogP contribution in [0.4, 0.5) is 0 Å². The molecule has 2 N–H and O–H groups in total. The zero-order valence-corrected chi connectivity index (χ0v) is 13.2. The summed E-state index contributed by atoms with van der Waals surface area (Å²) < 4.78 is 5.81. The van der Waals surface area contributed by atoms with E-state index in [1.807, 2.05) is 12.1 Å². The first-order chi connectivity index (χ1) is 9.48. The van der Waals surface area contributed by atoms with E-state index in [4.69, 9.17) is 22.1 Å². The normalized spacial score (nSPS) is 32.8. The van der Waals surface area contributed by atoms with Crippen molar-refractivity contribution in [3.05, 3.63) is 28.3 Å². The molecule has 1 aromatic rings. The standard InChI is InChI=1S/C17H24ClNO/c1-11-3-5-17(19,12(2)7-11)10-14-9-15(18)8-13-4-6-20-16(13)14/h8-9,11-12H,3-7,10,19H2,1-2H3. The van der Waals surface area contributed by atoms with E-state index >= 15 is 0 Å². The van der Waals surface area contributed by atoms with Crippen LogP contribution < -0.4 is 10.5 Å². The van der Waals surface area contributed by atoms with Crippen LogP contribution in [0.15, 0.2) is 12.1 Å². The molecule has 2 nitrogen and oxygen atoms in total. The highest BCUT2D eigenvalue weighted by molar-refractivity contribution is 6.30. The topological polar surface area (TPSA) is 35.2 Å². The first-order valence-corrected chi connectivity index (χ1v) is 8.09. The van der Waals surface area contributed by atoms with Gasteiger partial charge in [-0.2, -0.15) is 0 Å². The SMILES string of the molecule is CC1CCC(N)(Cc2cc(Cl)cc3c2OCC3)C(C)C1. The van der Waals surface area contributed by atoms with Crippen LogP contribution in [0, 0.1) is 11.8 Å². The Hall–Kier alpha value is -0.730. The molecule has 1 saturated carbocycles. The fourth-order valence-electron chi connectivity index (χ4n) is 3.81. The Morgan fingerprint density at radius 1 is 1.40 bits per heavy atom. The Morgan fingerprint density at radius 3 is 2.95 bits per heavy atom. The lowest BCUT2D eigenvalue weighted by molar-refractivity contribution is 0.162. The van der Waals surface area contributed by atoms with E-state index in [9.17, 15) is 0 Å². The van der Waals surface area contributed by atoms with Crippen molar-refractivity contribution >= 4 is 11.6 Å². The van der Waals surface area contributed by atoms with Gasteiger partial charge >= 0.3 is 0 Å². The molecule has 0 aromatic heterocycles. The number of benzene rings is 1. The largest absolute Gasteiger partial charge is 0.493 e. The number of nitrogens with two attached hydrogens (primary N) is 1. The molecule has 0 radical (unpaired) electrons. The summed E-state index contributed by atoms with van der Waals surface area (Å²) in [6.45, 7) is 5.39. The minimum atomic E-state index is -0.114. The van der Waals surface area contributed by atoms with E-state index in [-0.39, 0.29) is 5.54 Å². The molecule has 0 saturated heterocycles. The van der Waals surface area contributed by atoms with Gasteiger partial charge in [-0.3, -0.25) is 0 Å². The predicted octanol–water partition coefficient (Wildman–Crippen LogP) is 3.97. The van der Waals surface area contributed by atoms with Gasteiger partial charge in [0.1, 0.15) is 5.75 Å². The molecular weight excluding hydrogens is 270 g/mol. The zero-order chi connectivity index (χ0) is 14.3. The molecule has 3 atom stereocenters. The van der Waals surface area contributed by atoms with Crippen molar-refractivity contribution in [2.24, 2.45) is 17.6 Å². The maximum Gasteiger partial charge on any atom is 0.125 e. The van der Waals surface area contributed by atoms with E-state index in [2.05, 4.69) is 13.8 Å². The lowest BCUT2D eigenvalue weighted by Crippen LogP contribution is -2.51. The summed E-state index contributed by atoms with van der Waals surface area (Å²) in [7, 11) is 0. The van der Waals surface area contributed by atoms with Crippen LogP contribution in [0.1, 0.15) is 44.2 Å². The summed E-state index contributed by atoms with van der Waals surface area (Å²) in [6, 6.07) is 4.08. The third-order valence-corrected chi connectivity index (χ3v) is 5.40. The van der Waals surface area contributed by atoms with E-state index in [0.717, 1.165) is 42.6 Å². The van der Waals surface area contributed by atoms with Crippen molar-refractivity contribution in [1.29, 1.82) is 0 Å². The molecule has 1 aliphatic carbocycles. The molecule has 1 aliphatic heterocycles. The molecule has 2 aliphatic rings. The number of rotatable bonds is 2. The van der Waals surface area contributed by atoms with E-state index < -0.39 is 0 Å². The number of hydrogen-bond donors (Lipinski definition) is 1. The van der Waals surface area contributed by atoms with Crippen molar-refractivity contribution in [1.82, 2.24) is 0 Å². The lowest BCUT2D eigenvalue weighted by atomic mass is 9.68. The average Bonchev–Trinajstić information content (AvgIpc) is 2.83. The van der Waals surface area contributed by atoms with Crippen molar-refractivity contribution in [2.45, 2.75) is 51.5 Å². The molecule has 3 unspecified atom stereocenters. The molecule has 0 spiro atoms. The molecular formula is C17H24ClNO. The van der Waals surface area contributed by atoms with Crippen molar-refractivity contribution in [3.8, 4) is 5.75 Å². The lowest BCUT2D eigenvalue weighted by Gasteiger charge is -2.42. The summed E-state index contributed by atoms with van der Waals surface area (Å²) in [5.41, 5.74) is 9.07. The first kappa shape index (κ1) is 14.2. The molecule has 0 bridgehead atoms. The summed E-state index contributed by atoms with van der Waals surface area (Å²) in [6.07, 6.45) is 5.39. The van der Waals surface area contributed by atoms with Crippen LogP contribution in [-0.4, -0.2) is 12.1 Å². The fourth-order valence-corrected chi connectivity index (χ4v) is 4.08. The number of hydrogen-bond acceptors (Lipinski definition) is 2. The monoisotopic (exact) mass is 293 g/mol. The van der Waals surface area contributed by atoms with Gasteiger partial charge in [-0.25, -0.2) is 0 Å². The van der Waals surface area contributed by atoms with Crippen LogP contribution in [0.25, 0.3) is 0 Å². The number of halogens is 1. The first-order valence-electron chi connectivity index (χ1n) is 7.71. The molecule has 20 heavy (non-hydrogen) atoms. The Morgan fingerprint density at radius 2 is 2.20 bits per heavy atom. The smallest absolute Gasteiger partial charge is 0.125 e. The highest BCUT2D eigenvalue weighted by atomic mass is 35.5. The average molecular weight is 294 g/mol. The second-order valence-corrected chi connectivity index (χ2v) is 7.28. The van der Waals surface area contributed by atoms with Gasteiger partial charge in [0.2, 0.25) is 0 Å². The second kappa shape index (κ2) is 5.23. The number of fused-ring (bicyclic) bond motifs is 1. The molecule has 1 aromatic carbocycles. The number of ether oxygens (including phenoxy) is 1. The molecule has 1 fully saturated rings. The van der Waals surface area contributed by atoms with Crippen LogP contribution in [0.5, 0.6) is 5.75 Å². The van der Waals surface area contributed by atoms with Gasteiger partial charge in [0, 0.05) is 17.0 Å². The van der Waals surface area contributed by atoms with Crippen LogP contribution in [0.2, 0.25) is 5.02 Å². The van der Waals surface area contributed by atoms with Gasteiger partial charge in [-0.15, -0.1) is 0 Å². The molecule has 3 heteroatoms. The summed E-state index contributed by atoms with van der Waals surface area (Å²) in [4.78, 5) is 0. The maximum atomic E-state index is 6.74. The summed E-state index contributed by atoms with van der Waals surface area (Å²) in [5, 5.41) is 0.810. The predicted molar refractivity (Wildman–Crippen MR) is 83.5 cm³/mol. The Bertz CT molecular complexity index is 516. The van der Waals surface area contributed by atoms with Crippen LogP contribution in [-0.2, 0) is 12.8 Å². The third-order valence-electron chi connectivity index (χ3n) is 5.18. The van der Waals surface area contributed by atoms with Crippen molar-refractivity contribution < 1.29 is 4.74 Å². The van der Waals surface area contributed by atoms with Crippen molar-refractivity contribution in [2.75, 3.05) is 6.61 Å². The Kier molecular flexibility index (Phi) is 3.72. The van der Waals surface area contributed by atoms with Crippen LogP contribution in [0.3, 0.4) is 0 Å². The molecule has 110 valence electrons. The fraction of sp³-hybridized carbons (Fsp3) is 0.647. The third kappa shape index (κ3) is 2.56. The minimum absolute atomic E-state index is 0.114. The molecule has 3 rings (SSSR count). The van der Waals surface area contributed by atoms with Gasteiger partial charge in [0.05, 0.1) is 6.61 Å². The van der Waals surface area contributed by atoms with Gasteiger partial charge in [0.15, 0.2) is 0 Å². The van der Waals surface area contributed by atoms with E-state index in [1.54, 1.807) is 0 Å². The quantitative estimate of drug-likeness (QED) is 0.895. The Balaban J connectivity index is 1.88.